The lowest BCUT2D eigenvalue weighted by molar-refractivity contribution is -0.119. The molecule has 6 heteroatoms. The van der Waals surface area contributed by atoms with Crippen LogP contribution in [0.15, 0.2) is 0 Å². The number of hydrogen-bond acceptors (Lipinski definition) is 4. The summed E-state index contributed by atoms with van der Waals surface area (Å²) in [6.07, 6.45) is 0.371. The number of carbonyl (C=O) groups excluding carboxylic acids is 2. The van der Waals surface area contributed by atoms with Gasteiger partial charge in [0.05, 0.1) is 6.61 Å². The second-order valence-electron chi connectivity index (χ2n) is 4.71. The molecular weight excluding hydrogens is 222 g/mol. The van der Waals surface area contributed by atoms with Gasteiger partial charge in [-0.15, -0.1) is 0 Å². The van der Waals surface area contributed by atoms with Crippen LogP contribution in [0.4, 0.5) is 4.79 Å². The zero-order chi connectivity index (χ0) is 12.8. The first-order valence-corrected chi connectivity index (χ1v) is 5.93. The van der Waals surface area contributed by atoms with E-state index in [1.807, 2.05) is 13.8 Å². The molecule has 0 spiro atoms. The van der Waals surface area contributed by atoms with Crippen molar-refractivity contribution >= 4 is 12.0 Å². The van der Waals surface area contributed by atoms with Crippen molar-refractivity contribution in [2.24, 2.45) is 11.7 Å². The molecule has 0 aromatic carbocycles. The summed E-state index contributed by atoms with van der Waals surface area (Å²) in [6.45, 7) is 5.73. The van der Waals surface area contributed by atoms with E-state index in [1.165, 1.54) is 4.90 Å². The first kappa shape index (κ1) is 13.8. The summed E-state index contributed by atoms with van der Waals surface area (Å²) < 4.78 is 5.13. The van der Waals surface area contributed by atoms with Gasteiger partial charge in [0.2, 0.25) is 5.91 Å². The molecule has 6 nitrogen and oxygen atoms in total. The first-order chi connectivity index (χ1) is 8.00. The van der Waals surface area contributed by atoms with Crippen LogP contribution >= 0.6 is 0 Å². The highest BCUT2D eigenvalue weighted by Crippen LogP contribution is 2.10. The van der Waals surface area contributed by atoms with Gasteiger partial charge in [-0.2, -0.15) is 0 Å². The average molecular weight is 243 g/mol. The van der Waals surface area contributed by atoms with Gasteiger partial charge in [0.1, 0.15) is 6.54 Å². The minimum Gasteiger partial charge on any atom is -0.449 e. The van der Waals surface area contributed by atoms with Crippen LogP contribution in [0.1, 0.15) is 20.3 Å². The SMILES string of the molecule is CC(C)COC(=O)N(CC(N)=O)C1CCNC1. The third-order valence-corrected chi connectivity index (χ3v) is 2.58. The van der Waals surface area contributed by atoms with Gasteiger partial charge in [-0.05, 0) is 18.9 Å². The highest BCUT2D eigenvalue weighted by atomic mass is 16.6. The van der Waals surface area contributed by atoms with E-state index in [0.717, 1.165) is 13.0 Å². The monoisotopic (exact) mass is 243 g/mol. The Morgan fingerprint density at radius 1 is 1.53 bits per heavy atom. The Morgan fingerprint density at radius 3 is 2.71 bits per heavy atom. The zero-order valence-corrected chi connectivity index (χ0v) is 10.4. The van der Waals surface area contributed by atoms with E-state index in [9.17, 15) is 9.59 Å². The third kappa shape index (κ3) is 4.60. The molecule has 1 heterocycles. The lowest BCUT2D eigenvalue weighted by Gasteiger charge is -2.26. The van der Waals surface area contributed by atoms with Crippen LogP contribution in [0.25, 0.3) is 0 Å². The van der Waals surface area contributed by atoms with Crippen molar-refractivity contribution in [2.75, 3.05) is 26.2 Å². The predicted molar refractivity (Wildman–Crippen MR) is 63.4 cm³/mol. The standard InChI is InChI=1S/C11H21N3O3/c1-8(2)7-17-11(16)14(6-10(12)15)9-3-4-13-5-9/h8-9,13H,3-7H2,1-2H3,(H2,12,15). The number of nitrogens with two attached hydrogens (primary N) is 1. The van der Waals surface area contributed by atoms with E-state index in [-0.39, 0.29) is 18.5 Å². The number of nitrogens with one attached hydrogen (secondary N) is 1. The number of primary amides is 1. The molecule has 1 aliphatic rings. The van der Waals surface area contributed by atoms with Gasteiger partial charge in [-0.3, -0.25) is 9.69 Å². The second-order valence-corrected chi connectivity index (χ2v) is 4.71. The number of ether oxygens (including phenoxy) is 1. The molecule has 0 saturated carbocycles. The molecule has 2 amide bonds. The minimum atomic E-state index is -0.515. The summed E-state index contributed by atoms with van der Waals surface area (Å²) in [5.74, 6) is -0.241. The van der Waals surface area contributed by atoms with Crippen LogP contribution in [-0.4, -0.2) is 49.2 Å². The van der Waals surface area contributed by atoms with Crippen molar-refractivity contribution in [1.29, 1.82) is 0 Å². The van der Waals surface area contributed by atoms with Gasteiger partial charge in [0, 0.05) is 12.6 Å². The summed E-state index contributed by atoms with van der Waals surface area (Å²) in [7, 11) is 0. The Labute approximate surface area is 101 Å². The Kier molecular flexibility index (Phi) is 5.21. The number of rotatable bonds is 5. The highest BCUT2D eigenvalue weighted by Gasteiger charge is 2.28. The minimum absolute atomic E-state index is 0.00200. The van der Waals surface area contributed by atoms with E-state index < -0.39 is 12.0 Å². The molecule has 17 heavy (non-hydrogen) atoms. The molecule has 0 aromatic rings. The molecule has 98 valence electrons. The van der Waals surface area contributed by atoms with Gasteiger partial charge >= 0.3 is 6.09 Å². The summed E-state index contributed by atoms with van der Waals surface area (Å²) >= 11 is 0. The highest BCUT2D eigenvalue weighted by molar-refractivity contribution is 5.81. The van der Waals surface area contributed by atoms with E-state index in [4.69, 9.17) is 10.5 Å². The van der Waals surface area contributed by atoms with Gasteiger partial charge in [0.25, 0.3) is 0 Å². The second kappa shape index (κ2) is 6.44. The van der Waals surface area contributed by atoms with Crippen molar-refractivity contribution in [3.05, 3.63) is 0 Å². The third-order valence-electron chi connectivity index (χ3n) is 2.58. The quantitative estimate of drug-likeness (QED) is 0.707. The molecule has 1 unspecified atom stereocenters. The van der Waals surface area contributed by atoms with Crippen LogP contribution < -0.4 is 11.1 Å². The van der Waals surface area contributed by atoms with Crippen molar-refractivity contribution < 1.29 is 14.3 Å². The number of nitrogens with zero attached hydrogens (tertiary/aromatic N) is 1. The summed E-state index contributed by atoms with van der Waals surface area (Å²) in [5, 5.41) is 3.14. The largest absolute Gasteiger partial charge is 0.449 e. The van der Waals surface area contributed by atoms with E-state index >= 15 is 0 Å². The predicted octanol–water partition coefficient (Wildman–Crippen LogP) is -0.0718. The summed E-state index contributed by atoms with van der Waals surface area (Å²) in [5.41, 5.74) is 5.15. The van der Waals surface area contributed by atoms with Crippen LogP contribution in [-0.2, 0) is 9.53 Å². The molecule has 0 bridgehead atoms. The van der Waals surface area contributed by atoms with E-state index in [1.54, 1.807) is 0 Å². The molecule has 1 saturated heterocycles. The molecule has 1 atom stereocenters. The summed E-state index contributed by atoms with van der Waals surface area (Å²) in [4.78, 5) is 24.2. The molecule has 1 rings (SSSR count). The number of amides is 2. The maximum absolute atomic E-state index is 11.8. The molecule has 0 aromatic heterocycles. The van der Waals surface area contributed by atoms with Gasteiger partial charge in [0.15, 0.2) is 0 Å². The van der Waals surface area contributed by atoms with E-state index in [2.05, 4.69) is 5.32 Å². The van der Waals surface area contributed by atoms with Gasteiger partial charge in [-0.25, -0.2) is 4.79 Å². The molecular formula is C11H21N3O3. The smallest absolute Gasteiger partial charge is 0.410 e. The summed E-state index contributed by atoms with van der Waals surface area (Å²) in [6, 6.07) is 0.00200. The molecule has 0 radical (unpaired) electrons. The van der Waals surface area contributed by atoms with E-state index in [0.29, 0.717) is 13.2 Å². The maximum Gasteiger partial charge on any atom is 0.410 e. The Hall–Kier alpha value is -1.30. The van der Waals surface area contributed by atoms with Crippen LogP contribution in [0.2, 0.25) is 0 Å². The van der Waals surface area contributed by atoms with Crippen LogP contribution in [0.5, 0.6) is 0 Å². The van der Waals surface area contributed by atoms with Crippen molar-refractivity contribution in [3.63, 3.8) is 0 Å². The molecule has 1 aliphatic heterocycles. The molecule has 3 N–H and O–H groups in total. The average Bonchev–Trinajstić information content (AvgIpc) is 2.75. The lowest BCUT2D eigenvalue weighted by Crippen LogP contribution is -2.46. The Morgan fingerprint density at radius 2 is 2.24 bits per heavy atom. The first-order valence-electron chi connectivity index (χ1n) is 5.93. The van der Waals surface area contributed by atoms with Crippen molar-refractivity contribution in [2.45, 2.75) is 26.3 Å². The van der Waals surface area contributed by atoms with Gasteiger partial charge < -0.3 is 15.8 Å². The van der Waals surface area contributed by atoms with Gasteiger partial charge in [-0.1, -0.05) is 13.8 Å². The van der Waals surface area contributed by atoms with Crippen molar-refractivity contribution in [1.82, 2.24) is 10.2 Å². The fourth-order valence-electron chi connectivity index (χ4n) is 1.74. The molecule has 1 fully saturated rings. The zero-order valence-electron chi connectivity index (χ0n) is 10.4. The van der Waals surface area contributed by atoms with Crippen LogP contribution in [0.3, 0.4) is 0 Å². The molecule has 0 aliphatic carbocycles. The lowest BCUT2D eigenvalue weighted by atomic mass is 10.2. The number of hydrogen-bond donors (Lipinski definition) is 2. The fraction of sp³-hybridized carbons (Fsp3) is 0.818. The Bertz CT molecular complexity index is 275. The maximum atomic E-state index is 11.8. The Balaban J connectivity index is 2.54. The topological polar surface area (TPSA) is 84.7 Å². The normalized spacial score (nSPS) is 19.4. The fourth-order valence-corrected chi connectivity index (χ4v) is 1.74. The van der Waals surface area contributed by atoms with Crippen LogP contribution in [0, 0.1) is 5.92 Å². The number of carbonyl (C=O) groups is 2. The van der Waals surface area contributed by atoms with Crippen molar-refractivity contribution in [3.8, 4) is 0 Å².